The first-order valence-electron chi connectivity index (χ1n) is 7.28. The molecule has 0 bridgehead atoms. The second-order valence-electron chi connectivity index (χ2n) is 5.19. The third kappa shape index (κ3) is 4.00. The van der Waals surface area contributed by atoms with E-state index in [1.54, 1.807) is 25.2 Å². The topological polar surface area (TPSA) is 77.0 Å². The first kappa shape index (κ1) is 20.7. The molecule has 2 N–H and O–H groups in total. The number of carbonyl (C=O) groups is 1. The number of carbonyl (C=O) groups excluding carboxylic acids is 1. The lowest BCUT2D eigenvalue weighted by Crippen LogP contribution is -2.40. The molecule has 0 saturated carbocycles. The molecule has 1 aromatic heterocycles. The van der Waals surface area contributed by atoms with E-state index < -0.39 is 0 Å². The molecule has 24 heavy (non-hydrogen) atoms. The molecule has 0 fully saturated rings. The summed E-state index contributed by atoms with van der Waals surface area (Å²) >= 11 is 12.5. The zero-order valence-electron chi connectivity index (χ0n) is 13.7. The first-order chi connectivity index (χ1) is 10.9. The van der Waals surface area contributed by atoms with Crippen molar-refractivity contribution in [2.24, 2.45) is 5.73 Å². The lowest BCUT2D eigenvalue weighted by atomic mass is 10.3. The van der Waals surface area contributed by atoms with Gasteiger partial charge in [-0.1, -0.05) is 36.2 Å². The van der Waals surface area contributed by atoms with Crippen LogP contribution >= 0.6 is 35.6 Å². The summed E-state index contributed by atoms with van der Waals surface area (Å²) in [4.78, 5) is 18.3. The number of benzene rings is 1. The molecule has 6 nitrogen and oxygen atoms in total. The largest absolute Gasteiger partial charge is 0.335 e. The van der Waals surface area contributed by atoms with Crippen LogP contribution in [0.2, 0.25) is 10.0 Å². The van der Waals surface area contributed by atoms with Crippen molar-refractivity contribution in [3.63, 3.8) is 0 Å². The fourth-order valence-corrected chi connectivity index (χ4v) is 2.61. The highest BCUT2D eigenvalue weighted by Crippen LogP contribution is 2.28. The van der Waals surface area contributed by atoms with Gasteiger partial charge in [-0.05, 0) is 19.1 Å². The van der Waals surface area contributed by atoms with E-state index in [-0.39, 0.29) is 30.2 Å². The van der Waals surface area contributed by atoms with E-state index in [1.165, 1.54) is 9.58 Å². The number of para-hydroxylation sites is 1. The predicted octanol–water partition coefficient (Wildman–Crippen LogP) is 2.98. The Morgan fingerprint density at radius 2 is 1.96 bits per heavy atom. The van der Waals surface area contributed by atoms with Crippen LogP contribution < -0.4 is 5.73 Å². The second-order valence-corrected chi connectivity index (χ2v) is 6.00. The summed E-state index contributed by atoms with van der Waals surface area (Å²) in [6.45, 7) is 4.15. The highest BCUT2D eigenvalue weighted by molar-refractivity contribution is 6.37. The van der Waals surface area contributed by atoms with E-state index >= 15 is 0 Å². The van der Waals surface area contributed by atoms with Gasteiger partial charge in [0, 0.05) is 26.1 Å². The number of rotatable bonds is 5. The Labute approximate surface area is 157 Å². The maximum Gasteiger partial charge on any atom is 0.293 e. The summed E-state index contributed by atoms with van der Waals surface area (Å²) in [6, 6.07) is 5.07. The van der Waals surface area contributed by atoms with Gasteiger partial charge in [0.1, 0.15) is 11.5 Å². The quantitative estimate of drug-likeness (QED) is 0.848. The van der Waals surface area contributed by atoms with Crippen molar-refractivity contribution in [2.45, 2.75) is 26.3 Å². The van der Waals surface area contributed by atoms with E-state index in [9.17, 15) is 4.79 Å². The number of halogens is 3. The molecule has 2 rings (SSSR count). The minimum atomic E-state index is -0.292. The Balaban J connectivity index is 0.00000288. The van der Waals surface area contributed by atoms with Gasteiger partial charge in [-0.3, -0.25) is 4.79 Å². The molecule has 0 aliphatic heterocycles. The zero-order valence-corrected chi connectivity index (χ0v) is 16.0. The van der Waals surface area contributed by atoms with E-state index in [0.29, 0.717) is 34.5 Å². The van der Waals surface area contributed by atoms with Crippen LogP contribution in [0, 0.1) is 0 Å². The summed E-state index contributed by atoms with van der Waals surface area (Å²) in [5, 5.41) is 5.20. The van der Waals surface area contributed by atoms with Crippen LogP contribution in [0.15, 0.2) is 18.2 Å². The highest BCUT2D eigenvalue weighted by atomic mass is 35.5. The normalized spacial score (nSPS) is 11.8. The van der Waals surface area contributed by atoms with Gasteiger partial charge in [0.05, 0.1) is 10.0 Å². The van der Waals surface area contributed by atoms with Crippen molar-refractivity contribution in [3.8, 4) is 5.69 Å². The van der Waals surface area contributed by atoms with Gasteiger partial charge in [-0.15, -0.1) is 17.5 Å². The Morgan fingerprint density at radius 1 is 1.38 bits per heavy atom. The van der Waals surface area contributed by atoms with Crippen LogP contribution in [0.3, 0.4) is 0 Å². The van der Waals surface area contributed by atoms with Crippen LogP contribution in [0.25, 0.3) is 5.69 Å². The number of amides is 1. The van der Waals surface area contributed by atoms with Crippen molar-refractivity contribution in [3.05, 3.63) is 39.9 Å². The maximum atomic E-state index is 12.5. The predicted molar refractivity (Wildman–Crippen MR) is 98.6 cm³/mol. The fraction of sp³-hybridized carbons (Fsp3) is 0.400. The number of hydrogen-bond donors (Lipinski definition) is 1. The monoisotopic (exact) mass is 391 g/mol. The minimum absolute atomic E-state index is 0. The summed E-state index contributed by atoms with van der Waals surface area (Å²) < 4.78 is 1.53. The van der Waals surface area contributed by atoms with Crippen LogP contribution in [0.4, 0.5) is 0 Å². The second kappa shape index (κ2) is 8.67. The molecule has 1 unspecified atom stereocenters. The molecule has 0 radical (unpaired) electrons. The SMILES string of the molecule is CCc1nc(C(=O)N(C)C(C)CN)nn1-c1c(Cl)cccc1Cl.Cl. The van der Waals surface area contributed by atoms with Crippen LogP contribution in [-0.4, -0.2) is 45.2 Å². The van der Waals surface area contributed by atoms with E-state index in [1.807, 2.05) is 13.8 Å². The molecule has 0 aliphatic rings. The van der Waals surface area contributed by atoms with Gasteiger partial charge in [0.2, 0.25) is 5.82 Å². The summed E-state index contributed by atoms with van der Waals surface area (Å²) in [6.07, 6.45) is 0.581. The average molecular weight is 393 g/mol. The molecular formula is C15H20Cl3N5O. The standard InChI is InChI=1S/C15H19Cl2N5O.ClH/c1-4-12-19-14(15(23)21(3)9(2)8-18)20-22(12)13-10(16)6-5-7-11(13)17;/h5-7,9H,4,8,18H2,1-3H3;1H. The lowest BCUT2D eigenvalue weighted by molar-refractivity contribution is 0.0736. The number of hydrogen-bond acceptors (Lipinski definition) is 4. The summed E-state index contributed by atoms with van der Waals surface area (Å²) in [7, 11) is 1.68. The van der Waals surface area contributed by atoms with Gasteiger partial charge in [0.15, 0.2) is 0 Å². The molecule has 9 heteroatoms. The maximum absolute atomic E-state index is 12.5. The third-order valence-corrected chi connectivity index (χ3v) is 4.26. The first-order valence-corrected chi connectivity index (χ1v) is 8.03. The van der Waals surface area contributed by atoms with Crippen molar-refractivity contribution in [1.82, 2.24) is 19.7 Å². The number of aryl methyl sites for hydroxylation is 1. The van der Waals surface area contributed by atoms with Gasteiger partial charge in [0.25, 0.3) is 5.91 Å². The van der Waals surface area contributed by atoms with E-state index in [0.717, 1.165) is 0 Å². The molecule has 0 aliphatic carbocycles. The molecule has 1 atom stereocenters. The minimum Gasteiger partial charge on any atom is -0.335 e. The Morgan fingerprint density at radius 3 is 2.46 bits per heavy atom. The number of likely N-dealkylation sites (N-methyl/N-ethyl adjacent to an activating group) is 1. The van der Waals surface area contributed by atoms with Crippen LogP contribution in [0.1, 0.15) is 30.3 Å². The molecular weight excluding hydrogens is 373 g/mol. The fourth-order valence-electron chi connectivity index (χ4n) is 2.05. The lowest BCUT2D eigenvalue weighted by Gasteiger charge is -2.21. The van der Waals surface area contributed by atoms with Crippen molar-refractivity contribution in [1.29, 1.82) is 0 Å². The molecule has 1 heterocycles. The third-order valence-electron chi connectivity index (χ3n) is 3.65. The molecule has 0 saturated heterocycles. The number of nitrogens with two attached hydrogens (primary N) is 1. The van der Waals surface area contributed by atoms with Crippen molar-refractivity contribution < 1.29 is 4.79 Å². The van der Waals surface area contributed by atoms with Gasteiger partial charge >= 0.3 is 0 Å². The Kier molecular flexibility index (Phi) is 7.48. The molecule has 1 aromatic carbocycles. The van der Waals surface area contributed by atoms with Gasteiger partial charge < -0.3 is 10.6 Å². The Bertz CT molecular complexity index is 699. The van der Waals surface area contributed by atoms with Gasteiger partial charge in [-0.2, -0.15) is 0 Å². The molecule has 0 spiro atoms. The van der Waals surface area contributed by atoms with Gasteiger partial charge in [-0.25, -0.2) is 9.67 Å². The Hall–Kier alpha value is -1.34. The van der Waals surface area contributed by atoms with Crippen LogP contribution in [-0.2, 0) is 6.42 Å². The van der Waals surface area contributed by atoms with Crippen LogP contribution in [0.5, 0.6) is 0 Å². The smallest absolute Gasteiger partial charge is 0.293 e. The van der Waals surface area contributed by atoms with Crippen molar-refractivity contribution in [2.75, 3.05) is 13.6 Å². The summed E-state index contributed by atoms with van der Waals surface area (Å²) in [5.74, 6) is 0.414. The molecule has 2 aromatic rings. The number of nitrogens with zero attached hydrogens (tertiary/aromatic N) is 4. The van der Waals surface area contributed by atoms with Crippen molar-refractivity contribution >= 4 is 41.5 Å². The summed E-state index contributed by atoms with van der Waals surface area (Å²) in [5.41, 5.74) is 6.13. The highest BCUT2D eigenvalue weighted by Gasteiger charge is 2.24. The van der Waals surface area contributed by atoms with E-state index in [4.69, 9.17) is 28.9 Å². The zero-order chi connectivity index (χ0) is 17.1. The van der Waals surface area contributed by atoms with E-state index in [2.05, 4.69) is 10.1 Å². The molecule has 1 amide bonds. The average Bonchev–Trinajstić information content (AvgIpc) is 2.96. The molecule has 132 valence electrons. The number of aromatic nitrogens is 3.